The van der Waals surface area contributed by atoms with E-state index in [-0.39, 0.29) is 46.5 Å². The van der Waals surface area contributed by atoms with E-state index >= 15 is 0 Å². The highest BCUT2D eigenvalue weighted by Crippen LogP contribution is 2.36. The van der Waals surface area contributed by atoms with Crippen LogP contribution >= 0.6 is 122 Å². The number of esters is 3. The van der Waals surface area contributed by atoms with E-state index in [1.165, 1.54) is 70.8 Å². The average Bonchev–Trinajstić information content (AvgIpc) is 0.908. The van der Waals surface area contributed by atoms with E-state index in [1.807, 2.05) is 182 Å². The van der Waals surface area contributed by atoms with Gasteiger partial charge in [0.1, 0.15) is 12.0 Å². The number of alkyl halides is 3. The predicted octanol–water partition coefficient (Wildman–Crippen LogP) is 34.8. The smallest absolute Gasteiger partial charge is 0.328 e. The second-order valence-electron chi connectivity index (χ2n) is 33.8. The molecule has 0 radical (unpaired) electrons. The Morgan fingerprint density at radius 2 is 0.952 bits per heavy atom. The Kier molecular flexibility index (Phi) is 147. The van der Waals surface area contributed by atoms with Crippen LogP contribution in [0.25, 0.3) is 31.3 Å². The van der Waals surface area contributed by atoms with Crippen LogP contribution in [0.4, 0.5) is 13.2 Å². The number of azide groups is 3. The number of nitro groups is 1. The van der Waals surface area contributed by atoms with Gasteiger partial charge in [-0.2, -0.15) is 25.8 Å². The van der Waals surface area contributed by atoms with Gasteiger partial charge in [-0.25, -0.2) is 4.39 Å². The zero-order chi connectivity index (χ0) is 102. The van der Waals surface area contributed by atoms with Gasteiger partial charge in [0.15, 0.2) is 6.30 Å². The van der Waals surface area contributed by atoms with Crippen molar-refractivity contribution in [1.29, 1.82) is 5.26 Å². The Morgan fingerprint density at radius 3 is 1.15 bits per heavy atom. The van der Waals surface area contributed by atoms with Gasteiger partial charge in [0.2, 0.25) is 6.04 Å². The van der Waals surface area contributed by atoms with Crippen LogP contribution < -0.4 is 5.73 Å². The maximum Gasteiger partial charge on any atom is 0.328 e. The molecule has 1 aromatic carbocycles. The summed E-state index contributed by atoms with van der Waals surface area (Å²) >= 11 is 5.29. The highest BCUT2D eigenvalue weighted by Gasteiger charge is 2.31. The monoisotopic (exact) mass is 1990 g/mol. The number of hydrogen-bond donors (Lipinski definition) is 1. The van der Waals surface area contributed by atoms with Gasteiger partial charge >= 0.3 is 24.0 Å². The first-order chi connectivity index (χ1) is 57.5. The van der Waals surface area contributed by atoms with Gasteiger partial charge in [-0.3, -0.25) is 24.5 Å². The van der Waals surface area contributed by atoms with Crippen molar-refractivity contribution in [2.45, 2.75) is 342 Å². The Bertz CT molecular complexity index is 2600. The van der Waals surface area contributed by atoms with Crippen molar-refractivity contribution >= 4 is 140 Å². The van der Waals surface area contributed by atoms with Crippen LogP contribution in [0.2, 0.25) is 0 Å². The van der Waals surface area contributed by atoms with E-state index < -0.39 is 24.3 Å². The zero-order valence-corrected chi connectivity index (χ0v) is 95.5. The number of hydrogen-bond acceptors (Lipinski definition) is 24. The molecular weight excluding hydrogens is 1800 g/mol. The Balaban J connectivity index is -0.0000000797. The number of rotatable bonds is 38. The van der Waals surface area contributed by atoms with E-state index in [9.17, 15) is 37.7 Å². The van der Waals surface area contributed by atoms with E-state index in [0.29, 0.717) is 49.0 Å². The van der Waals surface area contributed by atoms with Crippen molar-refractivity contribution in [2.24, 2.45) is 104 Å². The molecule has 125 heavy (non-hydrogen) atoms. The normalized spacial score (nSPS) is 10.6. The molecule has 0 aliphatic rings. The fourth-order valence-corrected chi connectivity index (χ4v) is 15.6. The summed E-state index contributed by atoms with van der Waals surface area (Å²) in [4.78, 5) is 49.1. The lowest BCUT2D eigenvalue weighted by atomic mass is 10.1. The molecule has 2 N–H and O–H groups in total. The van der Waals surface area contributed by atoms with Crippen LogP contribution in [-0.4, -0.2) is 141 Å². The molecule has 746 valence electrons. The molecule has 2 atom stereocenters. The second-order valence-corrected chi connectivity index (χ2v) is 48.9. The molecule has 1 rings (SSSR count). The molecule has 0 saturated heterocycles. The molecule has 0 bridgehead atoms. The van der Waals surface area contributed by atoms with Gasteiger partial charge in [0, 0.05) is 106 Å². The van der Waals surface area contributed by atoms with Crippen molar-refractivity contribution in [1.82, 2.24) is 0 Å². The number of benzene rings is 1. The molecule has 0 amide bonds. The standard InChI is InChI=1S/C10H14S.C8H18S2.C7H12O2.C7H16S2.C7H16S.2C6H12O2.C6H14S2.C6H12.C5H9NS.C5H12S2.C4H7F2N3.C4H8FN3.C4H9N3.C3H7NO2.C3H9N/c1-9(2)8-11-10-6-4-3-5-7-10;1-7(2)6-9-10-8(3,4)5;1-4-5-9-7(8)6(2)3;1-6(2)5-8-9-7(3)4;1-5-8-7(4)6(2)3;2*1-4-8-6(7)5(2)3;1-4-7-8-5-6(2)3;1-4-5-6(2)3;1-5(2)3-7-4-6;1-5(2)4-7-6-3;1-3(2)4(5,6)8-9-7;1-3(2)4(5)7-8-6;1-4(2)3-6-7-5;1-3(2)4(5)6;1-3(2)4/h3-7,9H,8H2,1-2H3;7H,6H2,1-5H3;4,6H,1,5H2,2-3H3;6-7H,5H2,1-4H3;6-7H,5H2,1-4H3;2*5H,4H2,1-3H3;6H,4-5H2,1-3H3;4,6H,1,5H2,2-3H3;5H,3H2,1-2H3;5H,4H2,1-3H3;3H,1-2H3;3-4H,1-2H3;4H,3H2,1-2H3;3H,1-2H3;3H,4H2,1-2H3. The minimum Gasteiger partial charge on any atom is -0.466 e. The number of halogens is 3. The van der Waals surface area contributed by atoms with Crippen molar-refractivity contribution < 1.29 is 46.7 Å². The minimum absolute atomic E-state index is 0.00921. The Labute approximate surface area is 811 Å². The first kappa shape index (κ1) is 157. The molecule has 0 aromatic heterocycles. The van der Waals surface area contributed by atoms with Gasteiger partial charge in [-0.05, 0) is 143 Å². The summed E-state index contributed by atoms with van der Waals surface area (Å²) in [6, 6.07) is 7.21. The largest absolute Gasteiger partial charge is 0.466 e. The summed E-state index contributed by atoms with van der Waals surface area (Å²) in [6.45, 7) is 93.8. The third-order valence-electron chi connectivity index (χ3n) is 11.2. The predicted molar refractivity (Wildman–Crippen MR) is 575 cm³/mol. The molecule has 0 fully saturated rings. The lowest BCUT2D eigenvalue weighted by Crippen LogP contribution is -2.19. The summed E-state index contributed by atoms with van der Waals surface area (Å²) in [5, 5.41) is 29.6. The molecule has 0 heterocycles. The lowest BCUT2D eigenvalue weighted by molar-refractivity contribution is -0.513. The Hall–Kier alpha value is -2.47. The first-order valence-electron chi connectivity index (χ1n) is 43.5. The lowest BCUT2D eigenvalue weighted by Gasteiger charge is -2.16. The van der Waals surface area contributed by atoms with Crippen LogP contribution in [0.15, 0.2) is 75.9 Å². The number of nitriles is 1. The molecule has 0 aliphatic carbocycles. The number of nitrogens with two attached hydrogens (primary N) is 1. The number of thioether (sulfide) groups is 3. The van der Waals surface area contributed by atoms with Gasteiger partial charge in [0.25, 0.3) is 0 Å². The van der Waals surface area contributed by atoms with Crippen LogP contribution in [0.1, 0.15) is 297 Å². The van der Waals surface area contributed by atoms with Gasteiger partial charge in [0.05, 0.1) is 31.0 Å². The number of carbonyl (C=O) groups excluding carboxylic acids is 3. The summed E-state index contributed by atoms with van der Waals surface area (Å²) in [6.07, 6.45) is 5.39. The summed E-state index contributed by atoms with van der Waals surface area (Å²) < 4.78 is 50.8. The fraction of sp³-hybridized carbons (Fsp3) is 0.846. The minimum atomic E-state index is -3.24. The molecule has 0 saturated carbocycles. The number of nitrogens with zero attached hydrogens (tertiary/aromatic N) is 11. The number of carbonyl (C=O) groups is 3. The fourth-order valence-electron chi connectivity index (χ4n) is 4.39. The van der Waals surface area contributed by atoms with E-state index in [4.69, 9.17) is 32.3 Å². The highest BCUT2D eigenvalue weighted by atomic mass is 33.1. The number of ether oxygens (including phenoxy) is 3. The molecule has 0 spiro atoms. The maximum atomic E-state index is 12.1. The van der Waals surface area contributed by atoms with E-state index in [0.717, 1.165) is 64.1 Å². The van der Waals surface area contributed by atoms with E-state index in [1.54, 1.807) is 61.5 Å². The molecule has 0 aliphatic heterocycles. The first-order valence-corrected chi connectivity index (χ1v) is 56.4. The third kappa shape index (κ3) is 198. The highest BCUT2D eigenvalue weighted by molar-refractivity contribution is 8.77. The molecule has 2 unspecified atom stereocenters. The maximum absolute atomic E-state index is 12.1. The number of allylic oxidation sites excluding steroid dienone is 1. The second kappa shape index (κ2) is 118. The summed E-state index contributed by atoms with van der Waals surface area (Å²) in [5.74, 6) is 15.0. The topological polar surface area (TPSA) is 318 Å². The van der Waals surface area contributed by atoms with Crippen molar-refractivity contribution in [2.75, 3.05) is 78.6 Å². The van der Waals surface area contributed by atoms with Crippen LogP contribution in [0, 0.1) is 104 Å². The number of thiocyanates is 1. The van der Waals surface area contributed by atoms with Crippen molar-refractivity contribution in [3.63, 3.8) is 0 Å². The molecule has 34 heteroatoms. The SMILES string of the molecule is C=CCC(C)C.C=CCOC(=O)C(C)C.CC(C)C(F)(F)N=[N+]=[N-].CC(C)C(F)N=[N+]=[N-].CC(C)CN=[N+]=[N-].CC(C)CSC#N.CC(C)CSSC(C)(C)C.CC(C)CSSC(C)C.CC(C)CSc1ccccc1.CC(C)N.CC(C)[N+](=O)[O-].CCOC(=O)C(C)C.CCOC(=O)C(C)C.CCSC(C)C(C)C.CCSSCC(C)C.CSSCC(C)C. The van der Waals surface area contributed by atoms with Crippen LogP contribution in [0.3, 0.4) is 0 Å². The Morgan fingerprint density at radius 1 is 0.560 bits per heavy atom. The van der Waals surface area contributed by atoms with Crippen LogP contribution in [-0.2, 0) is 28.6 Å². The zero-order valence-electron chi connectivity index (χ0n) is 86.5. The van der Waals surface area contributed by atoms with Crippen molar-refractivity contribution in [3.8, 4) is 5.40 Å². The van der Waals surface area contributed by atoms with Gasteiger partial charge < -0.3 is 19.9 Å². The molecule has 20 nitrogen and oxygen atoms in total. The van der Waals surface area contributed by atoms with Gasteiger partial charge in [-0.1, -0.05) is 397 Å². The quantitative estimate of drug-likeness (QED) is 0.00513. The third-order valence-corrected chi connectivity index (χ3v) is 26.9. The van der Waals surface area contributed by atoms with E-state index in [2.05, 4.69) is 251 Å². The molecular formula is C91H187F3N12O8S11. The summed E-state index contributed by atoms with van der Waals surface area (Å²) in [5.41, 5.74) is 28.2. The molecule has 1 aromatic rings. The summed E-state index contributed by atoms with van der Waals surface area (Å²) in [7, 11) is 15.6. The average molecular weight is 1990 g/mol. The van der Waals surface area contributed by atoms with Crippen LogP contribution in [0.5, 0.6) is 0 Å². The van der Waals surface area contributed by atoms with Gasteiger partial charge in [-0.15, -0.1) is 18.3 Å². The van der Waals surface area contributed by atoms with Crippen molar-refractivity contribution in [3.05, 3.63) is 97.1 Å².